The van der Waals surface area contributed by atoms with Gasteiger partial charge in [0.1, 0.15) is 0 Å². The Labute approximate surface area is 81.1 Å². The molecule has 0 radical (unpaired) electrons. The van der Waals surface area contributed by atoms with Crippen LogP contribution in [0.1, 0.15) is 41.5 Å². The van der Waals surface area contributed by atoms with Gasteiger partial charge >= 0.3 is 0 Å². The largest absolute Gasteiger partial charge is 0.103 e. The molecule has 1 aliphatic heterocycles. The van der Waals surface area contributed by atoms with Crippen LogP contribution in [0.3, 0.4) is 0 Å². The Morgan fingerprint density at radius 3 is 2.00 bits per heavy atom. The van der Waals surface area contributed by atoms with E-state index in [1.165, 1.54) is 10.5 Å². The quantitative estimate of drug-likeness (QED) is 0.530. The normalized spacial score (nSPS) is 20.2. The van der Waals surface area contributed by atoms with Crippen molar-refractivity contribution in [2.75, 3.05) is 0 Å². The van der Waals surface area contributed by atoms with E-state index in [0.29, 0.717) is 0 Å². The maximum absolute atomic E-state index is 2.33. The molecule has 0 unspecified atom stereocenters. The van der Waals surface area contributed by atoms with Crippen molar-refractivity contribution in [1.29, 1.82) is 0 Å². The monoisotopic (exact) mass is 184 g/mol. The first-order valence-electron chi connectivity index (χ1n) is 4.56. The zero-order valence-electron chi connectivity index (χ0n) is 9.06. The Balaban J connectivity index is 0.000000561. The van der Waals surface area contributed by atoms with Crippen molar-refractivity contribution in [3.63, 3.8) is 0 Å². The SMILES string of the molecule is CC.CC1=CC(C)(C)C(C)=CS1. The van der Waals surface area contributed by atoms with Gasteiger partial charge in [-0.25, -0.2) is 0 Å². The number of rotatable bonds is 0. The molecule has 0 aliphatic carbocycles. The fourth-order valence-corrected chi connectivity index (χ4v) is 2.02. The third-order valence-electron chi connectivity index (χ3n) is 2.00. The summed E-state index contributed by atoms with van der Waals surface area (Å²) in [4.78, 5) is 1.41. The van der Waals surface area contributed by atoms with Crippen LogP contribution in [0, 0.1) is 5.41 Å². The fraction of sp³-hybridized carbons (Fsp3) is 0.636. The van der Waals surface area contributed by atoms with Gasteiger partial charge < -0.3 is 0 Å². The lowest BCUT2D eigenvalue weighted by atomic mass is 9.85. The van der Waals surface area contributed by atoms with Gasteiger partial charge in [0.05, 0.1) is 0 Å². The van der Waals surface area contributed by atoms with Gasteiger partial charge in [0, 0.05) is 5.41 Å². The van der Waals surface area contributed by atoms with Crippen LogP contribution in [-0.2, 0) is 0 Å². The van der Waals surface area contributed by atoms with Crippen LogP contribution >= 0.6 is 11.8 Å². The topological polar surface area (TPSA) is 0 Å². The van der Waals surface area contributed by atoms with E-state index in [2.05, 4.69) is 39.2 Å². The fourth-order valence-electron chi connectivity index (χ4n) is 0.989. The summed E-state index contributed by atoms with van der Waals surface area (Å²) in [6.07, 6.45) is 2.33. The summed E-state index contributed by atoms with van der Waals surface area (Å²) >= 11 is 1.83. The van der Waals surface area contributed by atoms with E-state index < -0.39 is 0 Å². The molecule has 0 atom stereocenters. The summed E-state index contributed by atoms with van der Waals surface area (Å²) in [7, 11) is 0. The summed E-state index contributed by atoms with van der Waals surface area (Å²) in [5.74, 6) is 0. The molecule has 0 aromatic heterocycles. The van der Waals surface area contributed by atoms with E-state index in [0.717, 1.165) is 0 Å². The molecule has 1 heterocycles. The van der Waals surface area contributed by atoms with Crippen LogP contribution < -0.4 is 0 Å². The number of allylic oxidation sites excluding steroid dienone is 3. The minimum absolute atomic E-state index is 0.287. The van der Waals surface area contributed by atoms with Gasteiger partial charge in [-0.15, -0.1) is 11.8 Å². The molecule has 1 aliphatic rings. The van der Waals surface area contributed by atoms with Crippen molar-refractivity contribution in [3.05, 3.63) is 22.0 Å². The molecule has 0 fully saturated rings. The molecule has 12 heavy (non-hydrogen) atoms. The number of hydrogen-bond acceptors (Lipinski definition) is 1. The summed E-state index contributed by atoms with van der Waals surface area (Å²) in [5.41, 5.74) is 1.75. The standard InChI is InChI=1S/C9H14S.C2H6/c1-7-6-10-8(2)5-9(7,3)4;1-2/h5-6H,1-4H3;1-2H3. The Bertz CT molecular complexity index is 197. The molecule has 0 aromatic rings. The number of hydrogen-bond donors (Lipinski definition) is 0. The lowest BCUT2D eigenvalue weighted by molar-refractivity contribution is 0.578. The molecular weight excluding hydrogens is 164 g/mol. The summed E-state index contributed by atoms with van der Waals surface area (Å²) < 4.78 is 0. The molecule has 0 N–H and O–H groups in total. The molecule has 0 aromatic carbocycles. The first-order chi connectivity index (χ1) is 5.52. The second-order valence-corrected chi connectivity index (χ2v) is 4.51. The molecule has 0 spiro atoms. The Morgan fingerprint density at radius 2 is 1.67 bits per heavy atom. The van der Waals surface area contributed by atoms with Gasteiger partial charge in [0.15, 0.2) is 0 Å². The van der Waals surface area contributed by atoms with Gasteiger partial charge in [0.2, 0.25) is 0 Å². The highest BCUT2D eigenvalue weighted by Gasteiger charge is 2.19. The highest BCUT2D eigenvalue weighted by molar-refractivity contribution is 8.05. The predicted molar refractivity (Wildman–Crippen MR) is 60.2 cm³/mol. The first kappa shape index (κ1) is 11.8. The molecule has 70 valence electrons. The average molecular weight is 184 g/mol. The van der Waals surface area contributed by atoms with Crippen molar-refractivity contribution >= 4 is 11.8 Å². The molecule has 0 saturated heterocycles. The summed E-state index contributed by atoms with van der Waals surface area (Å²) in [6, 6.07) is 0. The Morgan fingerprint density at radius 1 is 1.17 bits per heavy atom. The highest BCUT2D eigenvalue weighted by atomic mass is 32.2. The van der Waals surface area contributed by atoms with E-state index >= 15 is 0 Å². The van der Waals surface area contributed by atoms with Gasteiger partial charge in [-0.05, 0) is 24.2 Å². The molecular formula is C11H20S. The van der Waals surface area contributed by atoms with Gasteiger partial charge in [0.25, 0.3) is 0 Å². The van der Waals surface area contributed by atoms with E-state index in [1.807, 2.05) is 25.6 Å². The van der Waals surface area contributed by atoms with E-state index in [4.69, 9.17) is 0 Å². The van der Waals surface area contributed by atoms with Crippen LogP contribution in [0.2, 0.25) is 0 Å². The summed E-state index contributed by atoms with van der Waals surface area (Å²) in [5, 5.41) is 2.25. The Hall–Kier alpha value is -0.170. The van der Waals surface area contributed by atoms with E-state index in [1.54, 1.807) is 0 Å². The smallest absolute Gasteiger partial charge is 0.00506 e. The molecule has 0 nitrogen and oxygen atoms in total. The maximum Gasteiger partial charge on any atom is 0.00506 e. The molecule has 1 rings (SSSR count). The second kappa shape index (κ2) is 4.76. The van der Waals surface area contributed by atoms with Crippen LogP contribution in [0.25, 0.3) is 0 Å². The first-order valence-corrected chi connectivity index (χ1v) is 5.44. The minimum Gasteiger partial charge on any atom is -0.103 e. The van der Waals surface area contributed by atoms with Crippen molar-refractivity contribution in [2.45, 2.75) is 41.5 Å². The predicted octanol–water partition coefficient (Wildman–Crippen LogP) is 4.59. The zero-order chi connectivity index (χ0) is 9.78. The van der Waals surface area contributed by atoms with E-state index in [9.17, 15) is 0 Å². The highest BCUT2D eigenvalue weighted by Crippen LogP contribution is 2.38. The molecule has 0 amide bonds. The third kappa shape index (κ3) is 3.06. The molecule has 1 heteroatoms. The van der Waals surface area contributed by atoms with Crippen molar-refractivity contribution in [2.24, 2.45) is 5.41 Å². The van der Waals surface area contributed by atoms with Gasteiger partial charge in [-0.1, -0.05) is 39.3 Å². The third-order valence-corrected chi connectivity index (χ3v) is 2.96. The number of thioether (sulfide) groups is 1. The minimum atomic E-state index is 0.287. The van der Waals surface area contributed by atoms with E-state index in [-0.39, 0.29) is 5.41 Å². The lowest BCUT2D eigenvalue weighted by Crippen LogP contribution is -2.11. The van der Waals surface area contributed by atoms with Crippen LogP contribution in [-0.4, -0.2) is 0 Å². The Kier molecular flexibility index (Phi) is 4.69. The summed E-state index contributed by atoms with van der Waals surface area (Å²) in [6.45, 7) is 12.9. The van der Waals surface area contributed by atoms with Gasteiger partial charge in [-0.2, -0.15) is 0 Å². The van der Waals surface area contributed by atoms with Crippen molar-refractivity contribution in [1.82, 2.24) is 0 Å². The molecule has 0 saturated carbocycles. The average Bonchev–Trinajstić information content (AvgIpc) is 2.01. The van der Waals surface area contributed by atoms with Crippen LogP contribution in [0.15, 0.2) is 22.0 Å². The second-order valence-electron chi connectivity index (χ2n) is 3.40. The van der Waals surface area contributed by atoms with Gasteiger partial charge in [-0.3, -0.25) is 0 Å². The molecule has 0 bridgehead atoms. The zero-order valence-corrected chi connectivity index (χ0v) is 9.88. The van der Waals surface area contributed by atoms with Crippen LogP contribution in [0.4, 0.5) is 0 Å². The maximum atomic E-state index is 2.33. The lowest BCUT2D eigenvalue weighted by Gasteiger charge is -2.25. The van der Waals surface area contributed by atoms with Crippen LogP contribution in [0.5, 0.6) is 0 Å². The van der Waals surface area contributed by atoms with Crippen molar-refractivity contribution < 1.29 is 0 Å². The van der Waals surface area contributed by atoms with Crippen molar-refractivity contribution in [3.8, 4) is 0 Å².